The lowest BCUT2D eigenvalue weighted by Gasteiger charge is -2.08. The summed E-state index contributed by atoms with van der Waals surface area (Å²) in [4.78, 5) is 2.60. The molecule has 4 aromatic rings. The Hall–Kier alpha value is -2.16. The molecule has 128 valence electrons. The van der Waals surface area contributed by atoms with Gasteiger partial charge in [-0.1, -0.05) is 48.5 Å². The first kappa shape index (κ1) is 17.3. The molecule has 0 saturated heterocycles. The van der Waals surface area contributed by atoms with Crippen molar-refractivity contribution in [2.24, 2.45) is 0 Å². The molecule has 0 aromatic heterocycles. The van der Waals surface area contributed by atoms with Gasteiger partial charge in [0.25, 0.3) is 0 Å². The Morgan fingerprint density at radius 3 is 1.12 bits per heavy atom. The highest BCUT2D eigenvalue weighted by molar-refractivity contribution is 7.98. The van der Waals surface area contributed by atoms with E-state index in [0.717, 1.165) is 0 Å². The van der Waals surface area contributed by atoms with Crippen LogP contribution in [0.4, 0.5) is 0 Å². The van der Waals surface area contributed by atoms with Gasteiger partial charge in [0.15, 0.2) is 0 Å². The van der Waals surface area contributed by atoms with Crippen molar-refractivity contribution in [2.75, 3.05) is 12.5 Å². The fraction of sp³-hybridized carbons (Fsp3) is 0.0833. The highest BCUT2D eigenvalue weighted by Gasteiger charge is 2.03. The lowest BCUT2D eigenvalue weighted by molar-refractivity contribution is 1.46. The maximum atomic E-state index is 2.28. The molecule has 26 heavy (non-hydrogen) atoms. The highest BCUT2D eigenvalue weighted by Crippen LogP contribution is 2.30. The lowest BCUT2D eigenvalue weighted by Crippen LogP contribution is -1.82. The molecule has 0 fully saturated rings. The van der Waals surface area contributed by atoms with Gasteiger partial charge in [-0.3, -0.25) is 0 Å². The molecule has 0 unspecified atom stereocenters. The number of fused-ring (bicyclic) bond motifs is 1. The summed E-state index contributed by atoms with van der Waals surface area (Å²) in [6.07, 6.45) is 4.22. The van der Waals surface area contributed by atoms with E-state index in [-0.39, 0.29) is 0 Å². The van der Waals surface area contributed by atoms with Gasteiger partial charge in [0.05, 0.1) is 0 Å². The molecule has 0 bridgehead atoms. The zero-order valence-electron chi connectivity index (χ0n) is 14.9. The van der Waals surface area contributed by atoms with Crippen molar-refractivity contribution in [3.63, 3.8) is 0 Å². The summed E-state index contributed by atoms with van der Waals surface area (Å²) in [7, 11) is 0. The number of hydrogen-bond donors (Lipinski definition) is 0. The standard InChI is InChI=1S/C24H20S2/c1-25-23-11-7-17(8-12-23)19-3-5-22-16-20(4-6-21(22)15-19)18-9-13-24(26-2)14-10-18/h3-16H,1-2H3. The molecule has 0 aliphatic heterocycles. The van der Waals surface area contributed by atoms with Gasteiger partial charge in [0.1, 0.15) is 0 Å². The summed E-state index contributed by atoms with van der Waals surface area (Å²) in [5.74, 6) is 0. The second-order valence-electron chi connectivity index (χ2n) is 6.23. The molecule has 0 N–H and O–H groups in total. The molecule has 0 amide bonds. The van der Waals surface area contributed by atoms with Gasteiger partial charge in [0.2, 0.25) is 0 Å². The Balaban J connectivity index is 1.68. The zero-order chi connectivity index (χ0) is 17.9. The molecule has 4 aromatic carbocycles. The molecule has 0 spiro atoms. The topological polar surface area (TPSA) is 0 Å². The van der Waals surface area contributed by atoms with Crippen molar-refractivity contribution < 1.29 is 0 Å². The van der Waals surface area contributed by atoms with Crippen LogP contribution in [-0.2, 0) is 0 Å². The van der Waals surface area contributed by atoms with Crippen molar-refractivity contribution in [2.45, 2.75) is 9.79 Å². The van der Waals surface area contributed by atoms with Gasteiger partial charge in [0, 0.05) is 9.79 Å². The number of hydrogen-bond acceptors (Lipinski definition) is 2. The van der Waals surface area contributed by atoms with Crippen LogP contribution in [-0.4, -0.2) is 12.5 Å². The molecule has 0 radical (unpaired) electrons. The number of benzene rings is 4. The summed E-state index contributed by atoms with van der Waals surface area (Å²) in [5.41, 5.74) is 5.06. The summed E-state index contributed by atoms with van der Waals surface area (Å²) >= 11 is 3.55. The van der Waals surface area contributed by atoms with Crippen LogP contribution in [0.15, 0.2) is 94.7 Å². The smallest absolute Gasteiger partial charge is 0.00695 e. The normalized spacial score (nSPS) is 11.0. The van der Waals surface area contributed by atoms with E-state index >= 15 is 0 Å². The predicted molar refractivity (Wildman–Crippen MR) is 118 cm³/mol. The fourth-order valence-electron chi connectivity index (χ4n) is 3.17. The Morgan fingerprint density at radius 2 is 0.769 bits per heavy atom. The Morgan fingerprint density at radius 1 is 0.423 bits per heavy atom. The minimum absolute atomic E-state index is 1.27. The first-order valence-corrected chi connectivity index (χ1v) is 11.0. The van der Waals surface area contributed by atoms with E-state index in [1.54, 1.807) is 23.5 Å². The molecule has 0 atom stereocenters. The van der Waals surface area contributed by atoms with Gasteiger partial charge < -0.3 is 0 Å². The van der Waals surface area contributed by atoms with Crippen LogP contribution >= 0.6 is 23.5 Å². The summed E-state index contributed by atoms with van der Waals surface area (Å²) in [6.45, 7) is 0. The van der Waals surface area contributed by atoms with Crippen LogP contribution < -0.4 is 0 Å². The fourth-order valence-corrected chi connectivity index (χ4v) is 3.99. The minimum Gasteiger partial charge on any atom is -0.130 e. The molecule has 0 aliphatic rings. The van der Waals surface area contributed by atoms with Gasteiger partial charge in [-0.05, 0) is 81.9 Å². The third-order valence-corrected chi connectivity index (χ3v) is 6.17. The van der Waals surface area contributed by atoms with Crippen molar-refractivity contribution in [1.29, 1.82) is 0 Å². The van der Waals surface area contributed by atoms with Gasteiger partial charge in [-0.2, -0.15) is 0 Å². The van der Waals surface area contributed by atoms with Crippen LogP contribution in [0, 0.1) is 0 Å². The predicted octanol–water partition coefficient (Wildman–Crippen LogP) is 7.62. The Kier molecular flexibility index (Phi) is 5.05. The van der Waals surface area contributed by atoms with Crippen molar-refractivity contribution in [3.05, 3.63) is 84.9 Å². The van der Waals surface area contributed by atoms with Crippen LogP contribution in [0.2, 0.25) is 0 Å². The first-order chi connectivity index (χ1) is 12.8. The van der Waals surface area contributed by atoms with E-state index < -0.39 is 0 Å². The van der Waals surface area contributed by atoms with Crippen molar-refractivity contribution in [1.82, 2.24) is 0 Å². The summed E-state index contributed by atoms with van der Waals surface area (Å²) in [5, 5.41) is 2.56. The van der Waals surface area contributed by atoms with E-state index in [1.165, 1.54) is 42.8 Å². The maximum absolute atomic E-state index is 2.28. The first-order valence-electron chi connectivity index (χ1n) is 8.59. The molecule has 0 nitrogen and oxygen atoms in total. The Labute approximate surface area is 163 Å². The molecule has 4 rings (SSSR count). The number of thioether (sulfide) groups is 2. The summed E-state index contributed by atoms with van der Waals surface area (Å²) < 4.78 is 0. The highest BCUT2D eigenvalue weighted by atomic mass is 32.2. The van der Waals surface area contributed by atoms with Crippen LogP contribution in [0.3, 0.4) is 0 Å². The van der Waals surface area contributed by atoms with Gasteiger partial charge >= 0.3 is 0 Å². The van der Waals surface area contributed by atoms with Gasteiger partial charge in [-0.15, -0.1) is 23.5 Å². The SMILES string of the molecule is CSc1ccc(-c2ccc3cc(-c4ccc(SC)cc4)ccc3c2)cc1. The van der Waals surface area contributed by atoms with Crippen LogP contribution in [0.5, 0.6) is 0 Å². The minimum atomic E-state index is 1.27. The molecule has 0 aliphatic carbocycles. The second-order valence-corrected chi connectivity index (χ2v) is 7.99. The molecule has 0 saturated carbocycles. The maximum Gasteiger partial charge on any atom is 0.00695 e. The average Bonchev–Trinajstić information content (AvgIpc) is 2.73. The van der Waals surface area contributed by atoms with E-state index in [9.17, 15) is 0 Å². The van der Waals surface area contributed by atoms with E-state index in [2.05, 4.69) is 97.4 Å². The second kappa shape index (κ2) is 7.61. The van der Waals surface area contributed by atoms with Crippen molar-refractivity contribution >= 4 is 34.3 Å². The van der Waals surface area contributed by atoms with Crippen molar-refractivity contribution in [3.8, 4) is 22.3 Å². The third kappa shape index (κ3) is 3.53. The van der Waals surface area contributed by atoms with E-state index in [1.807, 2.05) is 0 Å². The summed E-state index contributed by atoms with van der Waals surface area (Å²) in [6, 6.07) is 31.0. The molecular weight excluding hydrogens is 352 g/mol. The molecule has 2 heteroatoms. The largest absolute Gasteiger partial charge is 0.130 e. The molecular formula is C24H20S2. The zero-order valence-corrected chi connectivity index (χ0v) is 16.5. The number of rotatable bonds is 4. The van der Waals surface area contributed by atoms with Crippen LogP contribution in [0.25, 0.3) is 33.0 Å². The quantitative estimate of drug-likeness (QED) is 0.338. The van der Waals surface area contributed by atoms with Crippen LogP contribution in [0.1, 0.15) is 0 Å². The van der Waals surface area contributed by atoms with Gasteiger partial charge in [-0.25, -0.2) is 0 Å². The van der Waals surface area contributed by atoms with E-state index in [0.29, 0.717) is 0 Å². The molecule has 0 heterocycles. The Bertz CT molecular complexity index is 945. The average molecular weight is 373 g/mol. The monoisotopic (exact) mass is 372 g/mol. The van der Waals surface area contributed by atoms with E-state index in [4.69, 9.17) is 0 Å². The third-order valence-electron chi connectivity index (χ3n) is 4.69. The lowest BCUT2D eigenvalue weighted by atomic mass is 9.98.